The number of hydrogen-bond acceptors (Lipinski definition) is 0. The van der Waals surface area contributed by atoms with Crippen LogP contribution in [0.3, 0.4) is 0 Å². The summed E-state index contributed by atoms with van der Waals surface area (Å²) in [5, 5.41) is 0. The third-order valence-electron chi connectivity index (χ3n) is 2.35. The summed E-state index contributed by atoms with van der Waals surface area (Å²) in [6.45, 7) is 0. The Hall–Kier alpha value is -1.77. The first kappa shape index (κ1) is 10.7. The van der Waals surface area contributed by atoms with Gasteiger partial charge in [-0.3, -0.25) is 0 Å². The average Bonchev–Trinajstić information content (AvgIpc) is 2.30. The Labute approximate surface area is 91.4 Å². The van der Waals surface area contributed by atoms with E-state index in [0.29, 0.717) is 0 Å². The fraction of sp³-hybridized carbons (Fsp3) is 0.0769. The van der Waals surface area contributed by atoms with Crippen molar-refractivity contribution in [1.82, 2.24) is 0 Å². The first-order chi connectivity index (χ1) is 7.62. The molecule has 16 heavy (non-hydrogen) atoms. The van der Waals surface area contributed by atoms with Crippen LogP contribution in [0.15, 0.2) is 54.6 Å². The first-order valence-corrected chi connectivity index (χ1v) is 4.80. The second kappa shape index (κ2) is 4.00. The molecule has 0 bridgehead atoms. The Bertz CT molecular complexity index is 478. The van der Waals surface area contributed by atoms with E-state index in [2.05, 4.69) is 0 Å². The van der Waals surface area contributed by atoms with Gasteiger partial charge in [-0.25, -0.2) is 4.39 Å². The van der Waals surface area contributed by atoms with Crippen LogP contribution in [-0.4, -0.2) is 0 Å². The number of hydrogen-bond donors (Lipinski definition) is 0. The van der Waals surface area contributed by atoms with Crippen molar-refractivity contribution in [2.75, 3.05) is 0 Å². The summed E-state index contributed by atoms with van der Waals surface area (Å²) < 4.78 is 41.1. The molecule has 0 aliphatic rings. The van der Waals surface area contributed by atoms with Crippen molar-refractivity contribution in [2.45, 2.75) is 5.92 Å². The smallest absolute Gasteiger partial charge is 0.206 e. The van der Waals surface area contributed by atoms with Gasteiger partial charge in [0.05, 0.1) is 5.56 Å². The molecule has 0 aromatic heterocycles. The van der Waals surface area contributed by atoms with E-state index in [0.717, 1.165) is 12.1 Å². The minimum Gasteiger partial charge on any atom is -0.206 e. The fourth-order valence-corrected chi connectivity index (χ4v) is 1.52. The molecule has 0 saturated heterocycles. The Morgan fingerprint density at radius 3 is 1.94 bits per heavy atom. The topological polar surface area (TPSA) is 0 Å². The maximum atomic E-state index is 13.9. The molecule has 0 atom stereocenters. The van der Waals surface area contributed by atoms with Gasteiger partial charge in [0.15, 0.2) is 0 Å². The molecule has 0 heterocycles. The maximum Gasteiger partial charge on any atom is 0.301 e. The summed E-state index contributed by atoms with van der Waals surface area (Å²) in [7, 11) is 0. The molecule has 0 unspecified atom stereocenters. The maximum absolute atomic E-state index is 13.9. The molecule has 0 saturated carbocycles. The lowest BCUT2D eigenvalue weighted by atomic mass is 10.00. The molecule has 0 amide bonds. The van der Waals surface area contributed by atoms with Crippen LogP contribution >= 0.6 is 0 Å². The molecule has 0 nitrogen and oxygen atoms in total. The highest BCUT2D eigenvalue weighted by Gasteiger charge is 2.36. The van der Waals surface area contributed by atoms with Gasteiger partial charge >= 0.3 is 5.92 Å². The van der Waals surface area contributed by atoms with E-state index in [-0.39, 0.29) is 5.56 Å². The number of alkyl halides is 2. The third kappa shape index (κ3) is 1.81. The SMILES string of the molecule is Fc1ccccc1C(F)(F)c1ccccc1. The van der Waals surface area contributed by atoms with E-state index in [1.54, 1.807) is 6.07 Å². The van der Waals surface area contributed by atoms with Gasteiger partial charge in [-0.1, -0.05) is 42.5 Å². The zero-order chi connectivity index (χ0) is 11.6. The van der Waals surface area contributed by atoms with E-state index < -0.39 is 17.3 Å². The van der Waals surface area contributed by atoms with Crippen molar-refractivity contribution in [1.29, 1.82) is 0 Å². The molecule has 0 aliphatic heterocycles. The van der Waals surface area contributed by atoms with Gasteiger partial charge in [0.2, 0.25) is 0 Å². The molecule has 0 radical (unpaired) electrons. The number of halogens is 3. The van der Waals surface area contributed by atoms with Crippen molar-refractivity contribution in [3.8, 4) is 0 Å². The molecule has 0 fully saturated rings. The number of rotatable bonds is 2. The van der Waals surface area contributed by atoms with Gasteiger partial charge in [-0.15, -0.1) is 0 Å². The summed E-state index contributed by atoms with van der Waals surface area (Å²) in [6.07, 6.45) is 0. The zero-order valence-corrected chi connectivity index (χ0v) is 8.33. The molecule has 2 aromatic carbocycles. The van der Waals surface area contributed by atoms with Crippen LogP contribution in [0.2, 0.25) is 0 Å². The van der Waals surface area contributed by atoms with Crippen molar-refractivity contribution >= 4 is 0 Å². The summed E-state index contributed by atoms with van der Waals surface area (Å²) in [5.41, 5.74) is -0.804. The van der Waals surface area contributed by atoms with Crippen molar-refractivity contribution in [3.63, 3.8) is 0 Å². The van der Waals surface area contributed by atoms with E-state index in [1.807, 2.05) is 0 Å². The van der Waals surface area contributed by atoms with E-state index in [1.165, 1.54) is 36.4 Å². The quantitative estimate of drug-likeness (QED) is 0.721. The minimum atomic E-state index is -3.30. The highest BCUT2D eigenvalue weighted by Crippen LogP contribution is 2.36. The van der Waals surface area contributed by atoms with Crippen LogP contribution in [0.4, 0.5) is 13.2 Å². The Kier molecular flexibility index (Phi) is 2.69. The summed E-state index contributed by atoms with van der Waals surface area (Å²) in [5.74, 6) is -4.19. The largest absolute Gasteiger partial charge is 0.301 e. The monoisotopic (exact) mass is 222 g/mol. The van der Waals surface area contributed by atoms with Gasteiger partial charge in [-0.05, 0) is 12.1 Å². The van der Waals surface area contributed by atoms with E-state index >= 15 is 0 Å². The van der Waals surface area contributed by atoms with Crippen LogP contribution in [-0.2, 0) is 5.92 Å². The molecule has 0 spiro atoms. The summed E-state index contributed by atoms with van der Waals surface area (Å²) >= 11 is 0. The Balaban J connectivity index is 2.51. The van der Waals surface area contributed by atoms with Crippen molar-refractivity contribution in [2.24, 2.45) is 0 Å². The summed E-state index contributed by atoms with van der Waals surface area (Å²) in [6, 6.07) is 12.1. The first-order valence-electron chi connectivity index (χ1n) is 4.80. The van der Waals surface area contributed by atoms with Gasteiger partial charge in [0.1, 0.15) is 5.82 Å². The van der Waals surface area contributed by atoms with Crippen LogP contribution in [0.5, 0.6) is 0 Å². The second-order valence-electron chi connectivity index (χ2n) is 3.42. The molecule has 0 N–H and O–H groups in total. The normalized spacial score (nSPS) is 11.4. The highest BCUT2D eigenvalue weighted by atomic mass is 19.3. The molecule has 0 aliphatic carbocycles. The zero-order valence-electron chi connectivity index (χ0n) is 8.33. The second-order valence-corrected chi connectivity index (χ2v) is 3.42. The molecule has 82 valence electrons. The standard InChI is InChI=1S/C13H9F3/c14-12-9-5-4-8-11(12)13(15,16)10-6-2-1-3-7-10/h1-9H. The Morgan fingerprint density at radius 2 is 1.31 bits per heavy atom. The van der Waals surface area contributed by atoms with Crippen LogP contribution < -0.4 is 0 Å². The van der Waals surface area contributed by atoms with Gasteiger partial charge < -0.3 is 0 Å². The van der Waals surface area contributed by atoms with E-state index in [4.69, 9.17) is 0 Å². The van der Waals surface area contributed by atoms with Crippen LogP contribution in [0.25, 0.3) is 0 Å². The van der Waals surface area contributed by atoms with Gasteiger partial charge in [-0.2, -0.15) is 8.78 Å². The lowest BCUT2D eigenvalue weighted by molar-refractivity contribution is 0.0389. The van der Waals surface area contributed by atoms with Crippen molar-refractivity contribution in [3.05, 3.63) is 71.5 Å². The lowest BCUT2D eigenvalue weighted by Gasteiger charge is -2.17. The molecule has 2 rings (SSSR count). The molecular formula is C13H9F3. The van der Waals surface area contributed by atoms with Gasteiger partial charge in [0.25, 0.3) is 0 Å². The summed E-state index contributed by atoms with van der Waals surface area (Å²) in [4.78, 5) is 0. The Morgan fingerprint density at radius 1 is 0.750 bits per heavy atom. The fourth-order valence-electron chi connectivity index (χ4n) is 1.52. The molecule has 2 aromatic rings. The minimum absolute atomic E-state index is 0.208. The third-order valence-corrected chi connectivity index (χ3v) is 2.35. The van der Waals surface area contributed by atoms with Gasteiger partial charge in [0, 0.05) is 5.56 Å². The predicted octanol–water partition coefficient (Wildman–Crippen LogP) is 3.97. The lowest BCUT2D eigenvalue weighted by Crippen LogP contribution is -2.16. The van der Waals surface area contributed by atoms with Crippen LogP contribution in [0.1, 0.15) is 11.1 Å². The number of benzene rings is 2. The van der Waals surface area contributed by atoms with Crippen molar-refractivity contribution < 1.29 is 13.2 Å². The molecular weight excluding hydrogens is 213 g/mol. The predicted molar refractivity (Wildman–Crippen MR) is 55.8 cm³/mol. The van der Waals surface area contributed by atoms with Crippen LogP contribution in [0, 0.1) is 5.82 Å². The highest BCUT2D eigenvalue weighted by molar-refractivity contribution is 5.33. The van der Waals surface area contributed by atoms with E-state index in [9.17, 15) is 13.2 Å². The molecule has 3 heteroatoms. The average molecular weight is 222 g/mol.